The summed E-state index contributed by atoms with van der Waals surface area (Å²) < 4.78 is 1.91. The summed E-state index contributed by atoms with van der Waals surface area (Å²) in [6.45, 7) is 6.82. The molecule has 0 unspecified atom stereocenters. The highest BCUT2D eigenvalue weighted by Crippen LogP contribution is 1.98. The summed E-state index contributed by atoms with van der Waals surface area (Å²) in [7, 11) is 0. The van der Waals surface area contributed by atoms with Gasteiger partial charge in [-0.3, -0.25) is 0 Å². The summed E-state index contributed by atoms with van der Waals surface area (Å²) in [5.41, 5.74) is 1.36. The van der Waals surface area contributed by atoms with Gasteiger partial charge in [0.15, 0.2) is 12.7 Å². The Bertz CT molecular complexity index is 163. The molecular weight excluding hydrogens is 98.1 g/mol. The normalized spacial score (nSPS) is 18.6. The van der Waals surface area contributed by atoms with E-state index in [1.165, 1.54) is 5.57 Å². The van der Waals surface area contributed by atoms with Crippen LogP contribution in [0.15, 0.2) is 23.9 Å². The molecule has 0 N–H and O–H groups in total. The third-order valence-electron chi connectivity index (χ3n) is 1.13. The lowest BCUT2D eigenvalue weighted by molar-refractivity contribution is -0.439. The lowest BCUT2D eigenvalue weighted by Crippen LogP contribution is -2.06. The first-order valence-electron chi connectivity index (χ1n) is 2.70. The zero-order valence-corrected chi connectivity index (χ0v) is 5.09. The second-order valence-corrected chi connectivity index (χ2v) is 2.10. The van der Waals surface area contributed by atoms with E-state index in [-0.39, 0.29) is 0 Å². The minimum atomic E-state index is 0.969. The van der Waals surface area contributed by atoms with Gasteiger partial charge < -0.3 is 0 Å². The van der Waals surface area contributed by atoms with Gasteiger partial charge in [0, 0.05) is 6.08 Å². The number of allylic oxidation sites excluding steroid dienone is 2. The average Bonchev–Trinajstić information content (AvgIpc) is 1.64. The van der Waals surface area contributed by atoms with Gasteiger partial charge in [0.1, 0.15) is 6.72 Å². The van der Waals surface area contributed by atoms with Gasteiger partial charge in [0.2, 0.25) is 0 Å². The van der Waals surface area contributed by atoms with Gasteiger partial charge in [-0.1, -0.05) is 6.08 Å². The molecule has 0 saturated heterocycles. The molecular formula is C7H10N+. The van der Waals surface area contributed by atoms with E-state index in [2.05, 4.69) is 19.7 Å². The van der Waals surface area contributed by atoms with E-state index in [1.54, 1.807) is 0 Å². The molecule has 0 fully saturated rings. The standard InChI is InChI=1S/C7H10N/c1-7-4-3-5-8(2)6-7/h3-5H,2,6H2,1H3/q+1. The summed E-state index contributed by atoms with van der Waals surface area (Å²) in [5.74, 6) is 0. The van der Waals surface area contributed by atoms with Gasteiger partial charge in [-0.05, 0) is 12.5 Å². The lowest BCUT2D eigenvalue weighted by atomic mass is 10.2. The van der Waals surface area contributed by atoms with Gasteiger partial charge in [-0.15, -0.1) is 0 Å². The number of hydrogen-bond acceptors (Lipinski definition) is 0. The van der Waals surface area contributed by atoms with Crippen molar-refractivity contribution in [2.75, 3.05) is 6.54 Å². The third-order valence-corrected chi connectivity index (χ3v) is 1.13. The maximum atomic E-state index is 3.75. The van der Waals surface area contributed by atoms with Crippen molar-refractivity contribution in [3.63, 3.8) is 0 Å². The second kappa shape index (κ2) is 1.95. The van der Waals surface area contributed by atoms with Crippen molar-refractivity contribution in [3.05, 3.63) is 23.9 Å². The number of nitrogens with zero attached hydrogens (tertiary/aromatic N) is 1. The number of rotatable bonds is 0. The fourth-order valence-electron chi connectivity index (χ4n) is 0.755. The molecule has 0 aromatic rings. The van der Waals surface area contributed by atoms with Crippen molar-refractivity contribution in [3.8, 4) is 0 Å². The first-order chi connectivity index (χ1) is 3.79. The highest BCUT2D eigenvalue weighted by molar-refractivity contribution is 5.20. The molecule has 0 aliphatic carbocycles. The van der Waals surface area contributed by atoms with Crippen molar-refractivity contribution >= 4 is 6.72 Å². The molecule has 0 spiro atoms. The lowest BCUT2D eigenvalue weighted by Gasteiger charge is -1.98. The van der Waals surface area contributed by atoms with Crippen molar-refractivity contribution in [1.29, 1.82) is 0 Å². The van der Waals surface area contributed by atoms with Crippen molar-refractivity contribution < 1.29 is 4.58 Å². The predicted octanol–water partition coefficient (Wildman–Crippen LogP) is 1.17. The molecule has 8 heavy (non-hydrogen) atoms. The summed E-state index contributed by atoms with van der Waals surface area (Å²) in [6.07, 6.45) is 6.07. The molecule has 0 aromatic heterocycles. The van der Waals surface area contributed by atoms with Crippen LogP contribution < -0.4 is 0 Å². The second-order valence-electron chi connectivity index (χ2n) is 2.10. The van der Waals surface area contributed by atoms with E-state index >= 15 is 0 Å². The maximum Gasteiger partial charge on any atom is 0.169 e. The average molecular weight is 108 g/mol. The Hall–Kier alpha value is -0.850. The van der Waals surface area contributed by atoms with Gasteiger partial charge in [0.05, 0.1) is 0 Å². The van der Waals surface area contributed by atoms with Crippen LogP contribution in [0.2, 0.25) is 0 Å². The SMILES string of the molecule is C=[N+]1C=CC=C(C)C1. The summed E-state index contributed by atoms with van der Waals surface area (Å²) in [6, 6.07) is 0. The largest absolute Gasteiger partial charge is 0.208 e. The Labute approximate surface area is 49.6 Å². The van der Waals surface area contributed by atoms with Crippen LogP contribution in [0.1, 0.15) is 6.92 Å². The van der Waals surface area contributed by atoms with E-state index in [1.807, 2.05) is 16.9 Å². The summed E-state index contributed by atoms with van der Waals surface area (Å²) >= 11 is 0. The summed E-state index contributed by atoms with van der Waals surface area (Å²) in [4.78, 5) is 0. The van der Waals surface area contributed by atoms with Crippen LogP contribution in [0.4, 0.5) is 0 Å². The molecule has 0 amide bonds. The van der Waals surface area contributed by atoms with Crippen LogP contribution in [0, 0.1) is 0 Å². The van der Waals surface area contributed by atoms with Crippen LogP contribution in [-0.4, -0.2) is 17.8 Å². The predicted molar refractivity (Wildman–Crippen MR) is 35.1 cm³/mol. The Morgan fingerprint density at radius 3 is 2.88 bits per heavy atom. The molecule has 0 atom stereocenters. The molecule has 42 valence electrons. The van der Waals surface area contributed by atoms with Crippen LogP contribution in [0.3, 0.4) is 0 Å². The molecule has 1 nitrogen and oxygen atoms in total. The minimum Gasteiger partial charge on any atom is -0.208 e. The first-order valence-corrected chi connectivity index (χ1v) is 2.70. The molecule has 0 saturated carbocycles. The maximum absolute atomic E-state index is 3.75. The Kier molecular flexibility index (Phi) is 1.29. The van der Waals surface area contributed by atoms with Crippen molar-refractivity contribution in [2.45, 2.75) is 6.92 Å². The highest BCUT2D eigenvalue weighted by atomic mass is 14.9. The third kappa shape index (κ3) is 1.06. The van der Waals surface area contributed by atoms with Gasteiger partial charge in [-0.2, -0.15) is 0 Å². The minimum absolute atomic E-state index is 0.969. The van der Waals surface area contributed by atoms with Crippen molar-refractivity contribution in [2.24, 2.45) is 0 Å². The molecule has 1 heteroatoms. The molecule has 0 bridgehead atoms. The topological polar surface area (TPSA) is 3.01 Å². The Morgan fingerprint density at radius 2 is 2.50 bits per heavy atom. The zero-order valence-electron chi connectivity index (χ0n) is 5.09. The van der Waals surface area contributed by atoms with E-state index in [4.69, 9.17) is 0 Å². The van der Waals surface area contributed by atoms with Gasteiger partial charge in [-0.25, -0.2) is 4.58 Å². The molecule has 0 aromatic carbocycles. The highest BCUT2D eigenvalue weighted by Gasteiger charge is 1.99. The van der Waals surface area contributed by atoms with Gasteiger partial charge >= 0.3 is 0 Å². The quantitative estimate of drug-likeness (QED) is 0.410. The molecule has 1 aliphatic heterocycles. The fourth-order valence-corrected chi connectivity index (χ4v) is 0.755. The zero-order chi connectivity index (χ0) is 5.98. The Balaban J connectivity index is 2.73. The van der Waals surface area contributed by atoms with Crippen LogP contribution in [0.5, 0.6) is 0 Å². The van der Waals surface area contributed by atoms with E-state index < -0.39 is 0 Å². The first kappa shape index (κ1) is 5.29. The van der Waals surface area contributed by atoms with Crippen molar-refractivity contribution in [1.82, 2.24) is 0 Å². The fraction of sp³-hybridized carbons (Fsp3) is 0.286. The van der Waals surface area contributed by atoms with E-state index in [9.17, 15) is 0 Å². The van der Waals surface area contributed by atoms with E-state index in [0.29, 0.717) is 0 Å². The molecule has 1 rings (SSSR count). The summed E-state index contributed by atoms with van der Waals surface area (Å²) in [5, 5.41) is 0. The number of hydrogen-bond donors (Lipinski definition) is 0. The molecule has 1 aliphatic rings. The van der Waals surface area contributed by atoms with Gasteiger partial charge in [0.25, 0.3) is 0 Å². The van der Waals surface area contributed by atoms with E-state index in [0.717, 1.165) is 6.54 Å². The monoisotopic (exact) mass is 108 g/mol. The van der Waals surface area contributed by atoms with Crippen LogP contribution in [-0.2, 0) is 0 Å². The molecule has 1 heterocycles. The molecule has 0 radical (unpaired) electrons. The smallest absolute Gasteiger partial charge is 0.169 e. The van der Waals surface area contributed by atoms with Crippen LogP contribution >= 0.6 is 0 Å². The Morgan fingerprint density at radius 1 is 1.75 bits per heavy atom. The van der Waals surface area contributed by atoms with Crippen LogP contribution in [0.25, 0.3) is 0 Å².